The molecule has 1 aromatic rings. The van der Waals surface area contributed by atoms with Crippen molar-refractivity contribution < 1.29 is 14.3 Å². The van der Waals surface area contributed by atoms with Gasteiger partial charge in [0, 0.05) is 19.2 Å². The van der Waals surface area contributed by atoms with Gasteiger partial charge in [0.05, 0.1) is 25.3 Å². The second-order valence-corrected chi connectivity index (χ2v) is 4.47. The van der Waals surface area contributed by atoms with Gasteiger partial charge in [0.25, 0.3) is 0 Å². The second-order valence-electron chi connectivity index (χ2n) is 4.47. The monoisotopic (exact) mass is 278 g/mol. The fourth-order valence-electron chi connectivity index (χ4n) is 1.80. The highest BCUT2D eigenvalue weighted by Gasteiger charge is 2.12. The van der Waals surface area contributed by atoms with Crippen molar-refractivity contribution in [2.45, 2.75) is 33.2 Å². The van der Waals surface area contributed by atoms with Crippen molar-refractivity contribution in [3.05, 3.63) is 30.1 Å². The minimum Gasteiger partial charge on any atom is -0.466 e. The molecule has 0 aliphatic rings. The molecule has 0 atom stereocenters. The molecule has 0 bridgehead atoms. The van der Waals surface area contributed by atoms with Crippen LogP contribution in [-0.4, -0.2) is 41.3 Å². The lowest BCUT2D eigenvalue weighted by Gasteiger charge is -2.18. The maximum Gasteiger partial charge on any atom is 0.306 e. The van der Waals surface area contributed by atoms with Crippen molar-refractivity contribution in [1.29, 1.82) is 0 Å². The number of esters is 1. The second kappa shape index (κ2) is 9.20. The summed E-state index contributed by atoms with van der Waals surface area (Å²) < 4.78 is 4.80. The SMILES string of the molecule is CCOC(=O)CCC(=O)CN(CC)Cc1ccccn1. The standard InChI is InChI=1S/C15H22N2O3/c1-3-17(11-13-7-5-6-10-16-13)12-14(18)8-9-15(19)20-4-2/h5-7,10H,3-4,8-9,11-12H2,1-2H3. The predicted octanol–water partition coefficient (Wildman–Crippen LogP) is 1.82. The lowest BCUT2D eigenvalue weighted by atomic mass is 10.2. The Morgan fingerprint density at radius 2 is 2.05 bits per heavy atom. The van der Waals surface area contributed by atoms with E-state index in [4.69, 9.17) is 4.74 Å². The molecule has 20 heavy (non-hydrogen) atoms. The van der Waals surface area contributed by atoms with E-state index in [2.05, 4.69) is 4.98 Å². The van der Waals surface area contributed by atoms with Gasteiger partial charge in [-0.1, -0.05) is 13.0 Å². The number of aromatic nitrogens is 1. The van der Waals surface area contributed by atoms with E-state index in [9.17, 15) is 9.59 Å². The van der Waals surface area contributed by atoms with E-state index in [1.807, 2.05) is 30.0 Å². The minimum absolute atomic E-state index is 0.0517. The van der Waals surface area contributed by atoms with E-state index in [1.165, 1.54) is 0 Å². The molecule has 0 N–H and O–H groups in total. The first-order valence-corrected chi connectivity index (χ1v) is 6.95. The van der Waals surface area contributed by atoms with Crippen LogP contribution in [-0.2, 0) is 20.9 Å². The predicted molar refractivity (Wildman–Crippen MR) is 76.1 cm³/mol. The topological polar surface area (TPSA) is 59.5 Å². The van der Waals surface area contributed by atoms with Crippen molar-refractivity contribution in [2.75, 3.05) is 19.7 Å². The van der Waals surface area contributed by atoms with Gasteiger partial charge in [0.1, 0.15) is 5.78 Å². The average molecular weight is 278 g/mol. The number of carbonyl (C=O) groups is 2. The average Bonchev–Trinajstić information content (AvgIpc) is 2.46. The zero-order chi connectivity index (χ0) is 14.8. The van der Waals surface area contributed by atoms with Crippen LogP contribution < -0.4 is 0 Å². The number of ether oxygens (including phenoxy) is 1. The summed E-state index contributed by atoms with van der Waals surface area (Å²) >= 11 is 0. The van der Waals surface area contributed by atoms with Crippen LogP contribution in [0.25, 0.3) is 0 Å². The molecule has 0 amide bonds. The quantitative estimate of drug-likeness (QED) is 0.645. The number of carbonyl (C=O) groups excluding carboxylic acids is 2. The Bertz CT molecular complexity index is 420. The van der Waals surface area contributed by atoms with Gasteiger partial charge in [-0.3, -0.25) is 19.5 Å². The van der Waals surface area contributed by atoms with E-state index in [0.29, 0.717) is 19.7 Å². The van der Waals surface area contributed by atoms with Gasteiger partial charge in [0.15, 0.2) is 0 Å². The maximum atomic E-state index is 11.8. The Morgan fingerprint density at radius 3 is 2.65 bits per heavy atom. The fourth-order valence-corrected chi connectivity index (χ4v) is 1.80. The Morgan fingerprint density at radius 1 is 1.25 bits per heavy atom. The molecule has 0 spiro atoms. The molecule has 5 nitrogen and oxygen atoms in total. The Hall–Kier alpha value is -1.75. The summed E-state index contributed by atoms with van der Waals surface area (Å²) in [7, 11) is 0. The molecule has 0 aliphatic heterocycles. The first-order valence-electron chi connectivity index (χ1n) is 6.95. The first kappa shape index (κ1) is 16.3. The van der Waals surface area contributed by atoms with E-state index >= 15 is 0 Å². The van der Waals surface area contributed by atoms with E-state index < -0.39 is 0 Å². The number of hydrogen-bond acceptors (Lipinski definition) is 5. The highest BCUT2D eigenvalue weighted by Crippen LogP contribution is 2.03. The van der Waals surface area contributed by atoms with Crippen LogP contribution in [0.5, 0.6) is 0 Å². The van der Waals surface area contributed by atoms with Gasteiger partial charge in [-0.25, -0.2) is 0 Å². The number of likely N-dealkylation sites (N-methyl/N-ethyl adjacent to an activating group) is 1. The Kier molecular flexibility index (Phi) is 7.50. The van der Waals surface area contributed by atoms with E-state index in [1.54, 1.807) is 13.1 Å². The molecule has 0 saturated heterocycles. The molecule has 1 aromatic heterocycles. The third-order valence-corrected chi connectivity index (χ3v) is 2.87. The Labute approximate surface area is 119 Å². The Balaban J connectivity index is 2.36. The number of nitrogens with zero attached hydrogens (tertiary/aromatic N) is 2. The minimum atomic E-state index is -0.311. The summed E-state index contributed by atoms with van der Waals surface area (Å²) in [5.74, 6) is -0.260. The molecule has 0 unspecified atom stereocenters. The molecule has 0 aliphatic carbocycles. The summed E-state index contributed by atoms with van der Waals surface area (Å²) in [4.78, 5) is 29.3. The molecule has 110 valence electrons. The summed E-state index contributed by atoms with van der Waals surface area (Å²) in [6.07, 6.45) is 2.14. The molecule has 0 radical (unpaired) electrons. The number of Topliss-reactive ketones (excluding diaryl/α,β-unsaturated/α-hetero) is 1. The van der Waals surface area contributed by atoms with Crippen LogP contribution >= 0.6 is 0 Å². The molecule has 5 heteroatoms. The maximum absolute atomic E-state index is 11.8. The summed E-state index contributed by atoms with van der Waals surface area (Å²) in [5, 5.41) is 0. The zero-order valence-corrected chi connectivity index (χ0v) is 12.2. The van der Waals surface area contributed by atoms with Crippen molar-refractivity contribution in [2.24, 2.45) is 0 Å². The van der Waals surface area contributed by atoms with E-state index in [-0.39, 0.29) is 24.6 Å². The van der Waals surface area contributed by atoms with Gasteiger partial charge in [-0.05, 0) is 25.6 Å². The van der Waals surface area contributed by atoms with Crippen molar-refractivity contribution in [3.63, 3.8) is 0 Å². The lowest BCUT2D eigenvalue weighted by Crippen LogP contribution is -2.30. The summed E-state index contributed by atoms with van der Waals surface area (Å²) in [6, 6.07) is 5.73. The van der Waals surface area contributed by atoms with Crippen LogP contribution in [0.1, 0.15) is 32.4 Å². The summed E-state index contributed by atoms with van der Waals surface area (Å²) in [6.45, 7) is 5.86. The third kappa shape index (κ3) is 6.43. The number of ketones is 1. The van der Waals surface area contributed by atoms with Gasteiger partial charge < -0.3 is 4.74 Å². The van der Waals surface area contributed by atoms with Crippen molar-refractivity contribution in [1.82, 2.24) is 9.88 Å². The molecule has 1 heterocycles. The smallest absolute Gasteiger partial charge is 0.306 e. The highest BCUT2D eigenvalue weighted by atomic mass is 16.5. The normalized spacial score (nSPS) is 10.6. The lowest BCUT2D eigenvalue weighted by molar-refractivity contribution is -0.144. The number of hydrogen-bond donors (Lipinski definition) is 0. The van der Waals surface area contributed by atoms with Crippen LogP contribution in [0.3, 0.4) is 0 Å². The third-order valence-electron chi connectivity index (χ3n) is 2.87. The zero-order valence-electron chi connectivity index (χ0n) is 12.2. The first-order chi connectivity index (χ1) is 9.65. The molecule has 1 rings (SSSR count). The fraction of sp³-hybridized carbons (Fsp3) is 0.533. The molecule has 0 fully saturated rings. The van der Waals surface area contributed by atoms with Gasteiger partial charge in [0.2, 0.25) is 0 Å². The molecule has 0 saturated carbocycles. The van der Waals surface area contributed by atoms with Crippen LogP contribution in [0, 0.1) is 0 Å². The van der Waals surface area contributed by atoms with Gasteiger partial charge >= 0.3 is 5.97 Å². The van der Waals surface area contributed by atoms with Gasteiger partial charge in [-0.15, -0.1) is 0 Å². The van der Waals surface area contributed by atoms with Crippen LogP contribution in [0.15, 0.2) is 24.4 Å². The number of pyridine rings is 1. The number of rotatable bonds is 9. The van der Waals surface area contributed by atoms with Crippen molar-refractivity contribution in [3.8, 4) is 0 Å². The van der Waals surface area contributed by atoms with Gasteiger partial charge in [-0.2, -0.15) is 0 Å². The molecular formula is C15H22N2O3. The molecular weight excluding hydrogens is 256 g/mol. The largest absolute Gasteiger partial charge is 0.466 e. The van der Waals surface area contributed by atoms with Crippen molar-refractivity contribution >= 4 is 11.8 Å². The van der Waals surface area contributed by atoms with Crippen LogP contribution in [0.2, 0.25) is 0 Å². The van der Waals surface area contributed by atoms with E-state index in [0.717, 1.165) is 12.2 Å². The molecule has 0 aromatic carbocycles. The summed E-state index contributed by atoms with van der Waals surface area (Å²) in [5.41, 5.74) is 0.938. The highest BCUT2D eigenvalue weighted by molar-refractivity contribution is 5.84. The van der Waals surface area contributed by atoms with Crippen LogP contribution in [0.4, 0.5) is 0 Å².